The van der Waals surface area contributed by atoms with Crippen molar-refractivity contribution in [3.05, 3.63) is 200 Å². The van der Waals surface area contributed by atoms with Gasteiger partial charge < -0.3 is 4.42 Å². The summed E-state index contributed by atoms with van der Waals surface area (Å²) >= 11 is 0. The van der Waals surface area contributed by atoms with Crippen LogP contribution < -0.4 is 0 Å². The van der Waals surface area contributed by atoms with Crippen LogP contribution in [-0.4, -0.2) is 15.0 Å². The van der Waals surface area contributed by atoms with E-state index in [0.717, 1.165) is 70.9 Å². The van der Waals surface area contributed by atoms with E-state index in [1.54, 1.807) is 0 Å². The van der Waals surface area contributed by atoms with Crippen molar-refractivity contribution in [1.82, 2.24) is 15.0 Å². The van der Waals surface area contributed by atoms with Crippen LogP contribution in [0.25, 0.3) is 121 Å². The maximum atomic E-state index is 6.27. The lowest BCUT2D eigenvalue weighted by atomic mass is 9.98. The second kappa shape index (κ2) is 13.3. The van der Waals surface area contributed by atoms with Crippen molar-refractivity contribution < 1.29 is 4.42 Å². The van der Waals surface area contributed by atoms with Gasteiger partial charge in [0, 0.05) is 27.5 Å². The van der Waals surface area contributed by atoms with Crippen molar-refractivity contribution in [2.24, 2.45) is 0 Å². The molecule has 0 aliphatic rings. The highest BCUT2D eigenvalue weighted by atomic mass is 16.3. The van der Waals surface area contributed by atoms with Gasteiger partial charge in [0.05, 0.1) is 0 Å². The summed E-state index contributed by atoms with van der Waals surface area (Å²) < 4.78 is 6.27. The minimum Gasteiger partial charge on any atom is -0.456 e. The fourth-order valence-electron chi connectivity index (χ4n) is 8.50. The first kappa shape index (κ1) is 33.2. The Morgan fingerprint density at radius 1 is 0.237 bits per heavy atom. The Kier molecular flexibility index (Phi) is 7.50. The molecule has 274 valence electrons. The molecular weight excluding hydrogens is 719 g/mol. The molecule has 12 aromatic rings. The van der Waals surface area contributed by atoms with Gasteiger partial charge in [0.1, 0.15) is 11.2 Å². The van der Waals surface area contributed by atoms with Gasteiger partial charge in [-0.2, -0.15) is 0 Å². The summed E-state index contributed by atoms with van der Waals surface area (Å²) in [7, 11) is 0. The Labute approximate surface area is 339 Å². The third-order valence-corrected chi connectivity index (χ3v) is 11.6. The molecule has 0 bridgehead atoms. The molecule has 0 aliphatic heterocycles. The average molecular weight is 752 g/mol. The Balaban J connectivity index is 0.976. The van der Waals surface area contributed by atoms with Gasteiger partial charge >= 0.3 is 0 Å². The number of benzene rings is 10. The lowest BCUT2D eigenvalue weighted by molar-refractivity contribution is 0.669. The van der Waals surface area contributed by atoms with Crippen LogP contribution in [-0.2, 0) is 0 Å². The first-order valence-corrected chi connectivity index (χ1v) is 19.9. The van der Waals surface area contributed by atoms with Crippen LogP contribution in [0.2, 0.25) is 0 Å². The third-order valence-electron chi connectivity index (χ3n) is 11.6. The van der Waals surface area contributed by atoms with Crippen molar-refractivity contribution in [3.8, 4) is 56.4 Å². The van der Waals surface area contributed by atoms with Gasteiger partial charge in [-0.25, -0.2) is 15.0 Å². The van der Waals surface area contributed by atoms with Crippen molar-refractivity contribution in [2.75, 3.05) is 0 Å². The predicted molar refractivity (Wildman–Crippen MR) is 244 cm³/mol. The summed E-state index contributed by atoms with van der Waals surface area (Å²) in [5.41, 5.74) is 9.28. The number of aromatic nitrogens is 3. The lowest BCUT2D eigenvalue weighted by Gasteiger charge is -2.11. The molecule has 0 spiro atoms. The van der Waals surface area contributed by atoms with E-state index in [9.17, 15) is 0 Å². The van der Waals surface area contributed by atoms with Gasteiger partial charge in [-0.05, 0) is 120 Å². The van der Waals surface area contributed by atoms with Crippen LogP contribution in [0.3, 0.4) is 0 Å². The summed E-state index contributed by atoms with van der Waals surface area (Å²) in [6, 6.07) is 70.8. The van der Waals surface area contributed by atoms with Crippen molar-refractivity contribution >= 4 is 65.0 Å². The van der Waals surface area contributed by atoms with E-state index in [2.05, 4.69) is 182 Å². The fourth-order valence-corrected chi connectivity index (χ4v) is 8.50. The van der Waals surface area contributed by atoms with Crippen molar-refractivity contribution in [1.29, 1.82) is 0 Å². The number of furan rings is 1. The van der Waals surface area contributed by atoms with Gasteiger partial charge in [0.15, 0.2) is 17.5 Å². The number of hydrogen-bond acceptors (Lipinski definition) is 4. The van der Waals surface area contributed by atoms with Crippen LogP contribution in [0.4, 0.5) is 0 Å². The summed E-state index contributed by atoms with van der Waals surface area (Å²) in [4.78, 5) is 15.5. The normalized spacial score (nSPS) is 11.7. The molecule has 10 aromatic carbocycles. The summed E-state index contributed by atoms with van der Waals surface area (Å²) in [5.74, 6) is 1.86. The number of rotatable bonds is 5. The smallest absolute Gasteiger partial charge is 0.164 e. The van der Waals surface area contributed by atoms with E-state index in [0.29, 0.717) is 17.5 Å². The quantitative estimate of drug-likeness (QED) is 0.176. The van der Waals surface area contributed by atoms with Crippen LogP contribution in [0.1, 0.15) is 0 Å². The average Bonchev–Trinajstić information content (AvgIpc) is 3.67. The summed E-state index contributed by atoms with van der Waals surface area (Å²) in [6.07, 6.45) is 0. The zero-order chi connectivity index (χ0) is 38.9. The molecule has 0 fully saturated rings. The zero-order valence-corrected chi connectivity index (χ0v) is 31.8. The molecule has 59 heavy (non-hydrogen) atoms. The topological polar surface area (TPSA) is 51.8 Å². The minimum absolute atomic E-state index is 0.614. The minimum atomic E-state index is 0.614. The van der Waals surface area contributed by atoms with Gasteiger partial charge in [-0.3, -0.25) is 0 Å². The molecule has 0 saturated carbocycles. The molecule has 0 aliphatic carbocycles. The summed E-state index contributed by atoms with van der Waals surface area (Å²) in [5, 5.41) is 11.5. The molecule has 0 amide bonds. The monoisotopic (exact) mass is 751 g/mol. The van der Waals surface area contributed by atoms with Gasteiger partial charge in [0.2, 0.25) is 0 Å². The van der Waals surface area contributed by atoms with E-state index >= 15 is 0 Å². The molecule has 0 unspecified atom stereocenters. The SMILES string of the molecule is c1ccc(-c2ccc3cc(-c4nc(-c5ccc6cc(-c7ccc8ccccc8c7)ccc6c5)nc(-c5ccc6cc7c(cc6c5)oc5ccccc57)n4)ccc3c2)cc1. The van der Waals surface area contributed by atoms with E-state index in [1.807, 2.05) is 18.2 Å². The maximum absolute atomic E-state index is 6.27. The standard InChI is InChI=1S/C55H33N3O/c1-2-8-34(9-3-1)37-16-17-42-29-45(23-20-40(42)27-37)53-56-54(46-24-21-41-28-39(18-19-43(41)30-46)38-15-14-35-10-4-5-11-36(35)26-38)58-55(57-53)47-25-22-44-32-50-49-12-6-7-13-51(49)59-52(50)33-48(44)31-47/h1-33H. The molecule has 2 heterocycles. The molecule has 0 saturated heterocycles. The number of fused-ring (bicyclic) bond motifs is 7. The Hall–Kier alpha value is -7.95. The largest absolute Gasteiger partial charge is 0.456 e. The third kappa shape index (κ3) is 5.89. The number of nitrogens with zero attached hydrogens (tertiary/aromatic N) is 3. The highest BCUT2D eigenvalue weighted by Gasteiger charge is 2.16. The predicted octanol–water partition coefficient (Wildman–Crippen LogP) is 14.7. The highest BCUT2D eigenvalue weighted by molar-refractivity contribution is 6.10. The molecular formula is C55H33N3O. The second-order valence-electron chi connectivity index (χ2n) is 15.3. The molecule has 4 heteroatoms. The van der Waals surface area contributed by atoms with E-state index < -0.39 is 0 Å². The molecule has 0 atom stereocenters. The Morgan fingerprint density at radius 3 is 1.24 bits per heavy atom. The van der Waals surface area contributed by atoms with Crippen molar-refractivity contribution in [3.63, 3.8) is 0 Å². The van der Waals surface area contributed by atoms with Crippen LogP contribution in [0.15, 0.2) is 205 Å². The first-order chi connectivity index (χ1) is 29.1. The number of para-hydroxylation sites is 1. The Morgan fingerprint density at radius 2 is 0.644 bits per heavy atom. The van der Waals surface area contributed by atoms with E-state index in [1.165, 1.54) is 33.0 Å². The molecule has 4 nitrogen and oxygen atoms in total. The summed E-state index contributed by atoms with van der Waals surface area (Å²) in [6.45, 7) is 0. The van der Waals surface area contributed by atoms with Crippen molar-refractivity contribution in [2.45, 2.75) is 0 Å². The van der Waals surface area contributed by atoms with Gasteiger partial charge in [-0.1, -0.05) is 146 Å². The Bertz CT molecular complexity index is 3620. The molecule has 0 N–H and O–H groups in total. The maximum Gasteiger partial charge on any atom is 0.164 e. The van der Waals surface area contributed by atoms with E-state index in [-0.39, 0.29) is 0 Å². The van der Waals surface area contributed by atoms with Gasteiger partial charge in [0.25, 0.3) is 0 Å². The number of hydrogen-bond donors (Lipinski definition) is 0. The highest BCUT2D eigenvalue weighted by Crippen LogP contribution is 2.36. The van der Waals surface area contributed by atoms with Crippen LogP contribution in [0, 0.1) is 0 Å². The molecule has 2 aromatic heterocycles. The molecule has 0 radical (unpaired) electrons. The van der Waals surface area contributed by atoms with Crippen LogP contribution >= 0.6 is 0 Å². The lowest BCUT2D eigenvalue weighted by Crippen LogP contribution is -2.00. The molecule has 12 rings (SSSR count). The first-order valence-electron chi connectivity index (χ1n) is 19.9. The van der Waals surface area contributed by atoms with Crippen LogP contribution in [0.5, 0.6) is 0 Å². The zero-order valence-electron chi connectivity index (χ0n) is 31.8. The second-order valence-corrected chi connectivity index (χ2v) is 15.3. The van der Waals surface area contributed by atoms with Gasteiger partial charge in [-0.15, -0.1) is 0 Å². The fraction of sp³-hybridized carbons (Fsp3) is 0. The van der Waals surface area contributed by atoms with E-state index in [4.69, 9.17) is 19.4 Å².